The van der Waals surface area contributed by atoms with E-state index in [1.807, 2.05) is 30.3 Å². The van der Waals surface area contributed by atoms with E-state index in [-0.39, 0.29) is 5.91 Å². The summed E-state index contributed by atoms with van der Waals surface area (Å²) in [6.45, 7) is 7.69. The standard InChI is InChI=1S/C20H27N3O/c1-3-23(4-2)19-12-10-18(11-13-19)22-20(24)14-15-21-16-17-8-6-5-7-9-17/h5-13,21H,3-4,14-16H2,1-2H3,(H,22,24). The summed E-state index contributed by atoms with van der Waals surface area (Å²) in [7, 11) is 0. The molecule has 4 nitrogen and oxygen atoms in total. The summed E-state index contributed by atoms with van der Waals surface area (Å²) in [5.74, 6) is 0.0335. The fraction of sp³-hybridized carbons (Fsp3) is 0.350. The quantitative estimate of drug-likeness (QED) is 0.692. The molecule has 0 unspecified atom stereocenters. The predicted octanol–water partition coefficient (Wildman–Crippen LogP) is 3.65. The topological polar surface area (TPSA) is 44.4 Å². The van der Waals surface area contributed by atoms with Crippen LogP contribution < -0.4 is 15.5 Å². The zero-order chi connectivity index (χ0) is 17.2. The zero-order valence-corrected chi connectivity index (χ0v) is 14.6. The molecule has 0 atom stereocenters. The first-order chi connectivity index (χ1) is 11.7. The highest BCUT2D eigenvalue weighted by Crippen LogP contribution is 2.17. The first-order valence-electron chi connectivity index (χ1n) is 8.62. The number of hydrogen-bond acceptors (Lipinski definition) is 3. The Kier molecular flexibility index (Phi) is 7.30. The SMILES string of the molecule is CCN(CC)c1ccc(NC(=O)CCNCc2ccccc2)cc1. The zero-order valence-electron chi connectivity index (χ0n) is 14.6. The fourth-order valence-corrected chi connectivity index (χ4v) is 2.60. The van der Waals surface area contributed by atoms with Crippen molar-refractivity contribution in [1.29, 1.82) is 0 Å². The van der Waals surface area contributed by atoms with E-state index in [2.05, 4.69) is 53.6 Å². The summed E-state index contributed by atoms with van der Waals surface area (Å²) in [4.78, 5) is 14.3. The molecule has 2 aromatic carbocycles. The summed E-state index contributed by atoms with van der Waals surface area (Å²) in [5.41, 5.74) is 3.26. The van der Waals surface area contributed by atoms with Crippen molar-refractivity contribution in [3.63, 3.8) is 0 Å². The molecule has 24 heavy (non-hydrogen) atoms. The van der Waals surface area contributed by atoms with Crippen LogP contribution in [0.1, 0.15) is 25.8 Å². The number of amides is 1. The van der Waals surface area contributed by atoms with Gasteiger partial charge < -0.3 is 15.5 Å². The predicted molar refractivity (Wildman–Crippen MR) is 101 cm³/mol. The van der Waals surface area contributed by atoms with Gasteiger partial charge in [0.15, 0.2) is 0 Å². The first kappa shape index (κ1) is 18.0. The fourth-order valence-electron chi connectivity index (χ4n) is 2.60. The number of carbonyl (C=O) groups is 1. The molecule has 0 bridgehead atoms. The molecule has 0 aliphatic heterocycles. The van der Waals surface area contributed by atoms with E-state index in [9.17, 15) is 4.79 Å². The largest absolute Gasteiger partial charge is 0.372 e. The maximum absolute atomic E-state index is 12.0. The van der Waals surface area contributed by atoms with Gasteiger partial charge in [-0.1, -0.05) is 30.3 Å². The van der Waals surface area contributed by atoms with Gasteiger partial charge in [-0.3, -0.25) is 4.79 Å². The van der Waals surface area contributed by atoms with Gasteiger partial charge in [-0.2, -0.15) is 0 Å². The second-order valence-electron chi connectivity index (χ2n) is 5.68. The van der Waals surface area contributed by atoms with Crippen molar-refractivity contribution in [3.8, 4) is 0 Å². The lowest BCUT2D eigenvalue weighted by Crippen LogP contribution is -2.22. The van der Waals surface area contributed by atoms with E-state index in [0.717, 1.165) is 25.3 Å². The highest BCUT2D eigenvalue weighted by molar-refractivity contribution is 5.91. The molecular weight excluding hydrogens is 298 g/mol. The minimum absolute atomic E-state index is 0.0335. The van der Waals surface area contributed by atoms with Crippen molar-refractivity contribution in [2.75, 3.05) is 29.9 Å². The third kappa shape index (κ3) is 5.70. The summed E-state index contributed by atoms with van der Waals surface area (Å²) in [6, 6.07) is 18.2. The van der Waals surface area contributed by atoms with Crippen LogP contribution in [0.15, 0.2) is 54.6 Å². The van der Waals surface area contributed by atoms with E-state index >= 15 is 0 Å². The Bertz CT molecular complexity index is 607. The molecular formula is C20H27N3O. The molecule has 2 N–H and O–H groups in total. The second-order valence-corrected chi connectivity index (χ2v) is 5.68. The van der Waals surface area contributed by atoms with Crippen molar-refractivity contribution in [2.45, 2.75) is 26.8 Å². The van der Waals surface area contributed by atoms with E-state index in [1.54, 1.807) is 0 Å². The molecule has 2 rings (SSSR count). The number of carbonyl (C=O) groups excluding carboxylic acids is 1. The molecule has 0 aliphatic rings. The minimum Gasteiger partial charge on any atom is -0.372 e. The van der Waals surface area contributed by atoms with Crippen LogP contribution in [0.2, 0.25) is 0 Å². The van der Waals surface area contributed by atoms with Crippen LogP contribution in [-0.4, -0.2) is 25.5 Å². The maximum Gasteiger partial charge on any atom is 0.225 e. The van der Waals surface area contributed by atoms with Gasteiger partial charge >= 0.3 is 0 Å². The Balaban J connectivity index is 1.72. The van der Waals surface area contributed by atoms with Gasteiger partial charge in [-0.15, -0.1) is 0 Å². The average molecular weight is 325 g/mol. The Morgan fingerprint density at radius 3 is 2.25 bits per heavy atom. The summed E-state index contributed by atoms with van der Waals surface area (Å²) >= 11 is 0. The van der Waals surface area contributed by atoms with Crippen molar-refractivity contribution in [1.82, 2.24) is 5.32 Å². The molecule has 0 fully saturated rings. The Labute approximate surface area is 144 Å². The van der Waals surface area contributed by atoms with Crippen molar-refractivity contribution in [3.05, 3.63) is 60.2 Å². The highest BCUT2D eigenvalue weighted by atomic mass is 16.1. The molecule has 0 aromatic heterocycles. The molecule has 0 spiro atoms. The molecule has 1 amide bonds. The molecule has 128 valence electrons. The maximum atomic E-state index is 12.0. The summed E-state index contributed by atoms with van der Waals surface area (Å²) in [5, 5.41) is 6.24. The van der Waals surface area contributed by atoms with Crippen molar-refractivity contribution >= 4 is 17.3 Å². The van der Waals surface area contributed by atoms with Crippen LogP contribution in [0.4, 0.5) is 11.4 Å². The molecule has 0 aliphatic carbocycles. The number of hydrogen-bond donors (Lipinski definition) is 2. The lowest BCUT2D eigenvalue weighted by molar-refractivity contribution is -0.116. The number of rotatable bonds is 9. The van der Waals surface area contributed by atoms with Gasteiger partial charge in [0.1, 0.15) is 0 Å². The molecule has 2 aromatic rings. The van der Waals surface area contributed by atoms with E-state index < -0.39 is 0 Å². The van der Waals surface area contributed by atoms with Crippen LogP contribution in [0.25, 0.3) is 0 Å². The lowest BCUT2D eigenvalue weighted by atomic mass is 10.2. The monoisotopic (exact) mass is 325 g/mol. The van der Waals surface area contributed by atoms with Crippen LogP contribution in [0.3, 0.4) is 0 Å². The van der Waals surface area contributed by atoms with Gasteiger partial charge in [-0.25, -0.2) is 0 Å². The highest BCUT2D eigenvalue weighted by Gasteiger charge is 2.04. The number of anilines is 2. The molecule has 0 radical (unpaired) electrons. The van der Waals surface area contributed by atoms with Gasteiger partial charge in [0.2, 0.25) is 5.91 Å². The lowest BCUT2D eigenvalue weighted by Gasteiger charge is -2.21. The van der Waals surface area contributed by atoms with Gasteiger partial charge in [-0.05, 0) is 43.7 Å². The van der Waals surface area contributed by atoms with E-state index in [0.29, 0.717) is 13.0 Å². The Hall–Kier alpha value is -2.33. The molecule has 4 heteroatoms. The summed E-state index contributed by atoms with van der Waals surface area (Å²) in [6.07, 6.45) is 0.463. The van der Waals surface area contributed by atoms with Crippen molar-refractivity contribution in [2.24, 2.45) is 0 Å². The van der Waals surface area contributed by atoms with Crippen LogP contribution >= 0.6 is 0 Å². The summed E-state index contributed by atoms with van der Waals surface area (Å²) < 4.78 is 0. The Morgan fingerprint density at radius 2 is 1.62 bits per heavy atom. The van der Waals surface area contributed by atoms with Crippen LogP contribution in [-0.2, 0) is 11.3 Å². The number of benzene rings is 2. The van der Waals surface area contributed by atoms with E-state index in [4.69, 9.17) is 0 Å². The van der Waals surface area contributed by atoms with Gasteiger partial charge in [0.25, 0.3) is 0 Å². The number of nitrogens with zero attached hydrogens (tertiary/aromatic N) is 1. The third-order valence-electron chi connectivity index (χ3n) is 3.98. The average Bonchev–Trinajstić information content (AvgIpc) is 2.62. The molecule has 0 saturated carbocycles. The third-order valence-corrected chi connectivity index (χ3v) is 3.98. The van der Waals surface area contributed by atoms with Crippen molar-refractivity contribution < 1.29 is 4.79 Å². The smallest absolute Gasteiger partial charge is 0.225 e. The normalized spacial score (nSPS) is 10.4. The number of nitrogens with one attached hydrogen (secondary N) is 2. The minimum atomic E-state index is 0.0335. The first-order valence-corrected chi connectivity index (χ1v) is 8.62. The molecule has 0 saturated heterocycles. The second kappa shape index (κ2) is 9.73. The Morgan fingerprint density at radius 1 is 0.958 bits per heavy atom. The van der Waals surface area contributed by atoms with Gasteiger partial charge in [0.05, 0.1) is 0 Å². The molecule has 0 heterocycles. The van der Waals surface area contributed by atoms with E-state index in [1.165, 1.54) is 11.3 Å². The van der Waals surface area contributed by atoms with Crippen LogP contribution in [0.5, 0.6) is 0 Å². The van der Waals surface area contributed by atoms with Crippen LogP contribution in [0, 0.1) is 0 Å². The van der Waals surface area contributed by atoms with Gasteiger partial charge in [0, 0.05) is 44.0 Å².